The number of rotatable bonds is 11. The van der Waals surface area contributed by atoms with E-state index in [1.54, 1.807) is 29.7 Å². The first-order chi connectivity index (χ1) is 23.8. The molecule has 4 heterocycles. The third kappa shape index (κ3) is 6.88. The molecule has 2 aromatic heterocycles. The van der Waals surface area contributed by atoms with Crippen LogP contribution in [0.1, 0.15) is 36.9 Å². The van der Waals surface area contributed by atoms with Gasteiger partial charge in [0.15, 0.2) is 0 Å². The summed E-state index contributed by atoms with van der Waals surface area (Å²) in [5.41, 5.74) is 3.15. The Labute approximate surface area is 286 Å². The summed E-state index contributed by atoms with van der Waals surface area (Å²) in [6.07, 6.45) is 7.02. The molecule has 2 aliphatic heterocycles. The van der Waals surface area contributed by atoms with Crippen LogP contribution in [0.5, 0.6) is 0 Å². The summed E-state index contributed by atoms with van der Waals surface area (Å²) in [7, 11) is 0. The van der Waals surface area contributed by atoms with E-state index in [1.165, 1.54) is 51.5 Å². The second-order valence-electron chi connectivity index (χ2n) is 12.4. The topological polar surface area (TPSA) is 110 Å². The lowest BCUT2D eigenvalue weighted by atomic mass is 9.90. The maximum absolute atomic E-state index is 15.0. The van der Waals surface area contributed by atoms with Crippen molar-refractivity contribution in [2.45, 2.75) is 49.1 Å². The molecule has 254 valence electrons. The monoisotopic (exact) mass is 685 g/mol. The molecular weight excluding hydrogens is 649 g/mol. The second-order valence-corrected chi connectivity index (χ2v) is 13.5. The van der Waals surface area contributed by atoms with E-state index in [0.717, 1.165) is 55.8 Å². The fourth-order valence-corrected chi connectivity index (χ4v) is 7.66. The van der Waals surface area contributed by atoms with E-state index in [9.17, 15) is 13.6 Å². The number of thioether (sulfide) groups is 1. The van der Waals surface area contributed by atoms with E-state index < -0.39 is 23.3 Å². The van der Waals surface area contributed by atoms with Gasteiger partial charge < -0.3 is 19.9 Å². The van der Waals surface area contributed by atoms with Crippen molar-refractivity contribution in [3.8, 4) is 5.69 Å². The number of piperazine rings is 1. The highest BCUT2D eigenvalue weighted by Crippen LogP contribution is 2.45. The van der Waals surface area contributed by atoms with Crippen molar-refractivity contribution in [2.75, 3.05) is 36.0 Å². The molecule has 2 saturated heterocycles. The molecule has 0 spiro atoms. The van der Waals surface area contributed by atoms with E-state index in [2.05, 4.69) is 49.2 Å². The Morgan fingerprint density at radius 1 is 0.959 bits per heavy atom. The number of halogens is 2. The fraction of sp³-hybridized carbons (Fsp3) is 0.343. The van der Waals surface area contributed by atoms with Crippen LogP contribution in [0, 0.1) is 17.0 Å². The van der Waals surface area contributed by atoms with Crippen LogP contribution in [0.4, 0.5) is 20.2 Å². The Balaban J connectivity index is 0.927. The number of benzene rings is 3. The van der Waals surface area contributed by atoms with Crippen LogP contribution in [0.15, 0.2) is 90.5 Å². The molecular formula is C35H37F2N9O2S. The van der Waals surface area contributed by atoms with Crippen molar-refractivity contribution in [1.82, 2.24) is 29.1 Å². The molecule has 2 aliphatic rings. The molecule has 49 heavy (non-hydrogen) atoms. The Morgan fingerprint density at radius 3 is 2.27 bits per heavy atom. The molecule has 1 N–H and O–H groups in total. The van der Waals surface area contributed by atoms with Crippen LogP contribution in [0.25, 0.3) is 5.69 Å². The molecule has 5 aromatic rings. The minimum Gasteiger partial charge on any atom is -0.368 e. The molecule has 2 fully saturated rings. The van der Waals surface area contributed by atoms with Crippen molar-refractivity contribution in [1.29, 1.82) is 5.41 Å². The molecule has 3 atom stereocenters. The highest BCUT2D eigenvalue weighted by molar-refractivity contribution is 7.99. The molecule has 3 unspecified atom stereocenters. The average Bonchev–Trinajstić information content (AvgIpc) is 3.88. The number of aromatic nitrogens is 6. The first-order valence-corrected chi connectivity index (χ1v) is 17.3. The van der Waals surface area contributed by atoms with Gasteiger partial charge >= 0.3 is 5.69 Å². The zero-order valence-corrected chi connectivity index (χ0v) is 27.8. The molecule has 0 bridgehead atoms. The minimum atomic E-state index is -0.957. The summed E-state index contributed by atoms with van der Waals surface area (Å²) in [6.45, 7) is 5.55. The van der Waals surface area contributed by atoms with Crippen LogP contribution >= 0.6 is 11.8 Å². The normalized spacial score (nSPS) is 20.1. The van der Waals surface area contributed by atoms with Gasteiger partial charge in [-0.05, 0) is 67.8 Å². The van der Waals surface area contributed by atoms with Gasteiger partial charge in [-0.15, -0.1) is 11.8 Å². The van der Waals surface area contributed by atoms with Gasteiger partial charge in [-0.25, -0.2) is 32.5 Å². The second kappa shape index (κ2) is 14.0. The number of nitrogens with one attached hydrogen (secondary N) is 1. The van der Waals surface area contributed by atoms with Gasteiger partial charge in [-0.1, -0.05) is 18.2 Å². The maximum atomic E-state index is 15.0. The lowest BCUT2D eigenvalue weighted by Crippen LogP contribution is -2.46. The molecule has 7 rings (SSSR count). The Hall–Kier alpha value is -4.82. The standard InChI is InChI=1S/C35H37F2N9O2S/c1-25(19-38)46-34(47)45(24-41-46)30-9-7-29(8-10-30)43-16-14-42(15-17-43)28-5-2-26(3-6-28)20-49-33-12-13-35(48-33,21-44-23-39-22-40-44)31-11-4-27(36)18-32(31)37/h2-11,18-19,22-25,33,38H,12-17,20-21H2,1H3. The van der Waals surface area contributed by atoms with Gasteiger partial charge in [0.1, 0.15) is 41.7 Å². The summed E-state index contributed by atoms with van der Waals surface area (Å²) in [5.74, 6) is -0.490. The largest absolute Gasteiger partial charge is 0.368 e. The molecule has 14 heteroatoms. The maximum Gasteiger partial charge on any atom is 0.350 e. The SMILES string of the molecule is CC(C=N)n1ncn(-c2ccc(N3CCN(c4ccc(CSC5CCC(Cn6cncn6)(c6ccc(F)cc6F)O5)cc4)CC3)cc2)c1=O. The number of nitrogens with zero attached hydrogens (tertiary/aromatic N) is 8. The average molecular weight is 686 g/mol. The summed E-state index contributed by atoms with van der Waals surface area (Å²) in [6, 6.07) is 19.8. The summed E-state index contributed by atoms with van der Waals surface area (Å²) in [5, 5.41) is 15.8. The fourth-order valence-electron chi connectivity index (χ4n) is 6.56. The van der Waals surface area contributed by atoms with E-state index >= 15 is 0 Å². The van der Waals surface area contributed by atoms with Gasteiger partial charge in [-0.2, -0.15) is 10.2 Å². The quantitative estimate of drug-likeness (QED) is 0.184. The number of anilines is 2. The van der Waals surface area contributed by atoms with Gasteiger partial charge in [0.05, 0.1) is 18.3 Å². The predicted octanol–water partition coefficient (Wildman–Crippen LogP) is 5.41. The number of ether oxygens (including phenoxy) is 1. The first-order valence-electron chi connectivity index (χ1n) is 16.3. The third-order valence-corrected chi connectivity index (χ3v) is 10.5. The molecule has 0 saturated carbocycles. The summed E-state index contributed by atoms with van der Waals surface area (Å²) in [4.78, 5) is 21.4. The van der Waals surface area contributed by atoms with Crippen molar-refractivity contribution in [2.24, 2.45) is 0 Å². The molecule has 3 aromatic carbocycles. The zero-order chi connectivity index (χ0) is 34.0. The van der Waals surface area contributed by atoms with Gasteiger partial charge in [0, 0.05) is 61.2 Å². The van der Waals surface area contributed by atoms with E-state index in [1.807, 2.05) is 24.3 Å². The highest BCUT2D eigenvalue weighted by Gasteiger charge is 2.44. The van der Waals surface area contributed by atoms with Crippen LogP contribution in [0.3, 0.4) is 0 Å². The van der Waals surface area contributed by atoms with Crippen molar-refractivity contribution in [3.05, 3.63) is 119 Å². The van der Waals surface area contributed by atoms with Crippen LogP contribution in [0.2, 0.25) is 0 Å². The van der Waals surface area contributed by atoms with Gasteiger partial charge in [0.25, 0.3) is 0 Å². The Bertz CT molecular complexity index is 1940. The number of hydrogen-bond acceptors (Lipinski definition) is 9. The van der Waals surface area contributed by atoms with Crippen molar-refractivity contribution < 1.29 is 13.5 Å². The van der Waals surface area contributed by atoms with E-state index in [4.69, 9.17) is 10.1 Å². The first kappa shape index (κ1) is 32.7. The summed E-state index contributed by atoms with van der Waals surface area (Å²) >= 11 is 1.68. The Kier molecular flexibility index (Phi) is 9.32. The minimum absolute atomic E-state index is 0.149. The predicted molar refractivity (Wildman–Crippen MR) is 186 cm³/mol. The van der Waals surface area contributed by atoms with E-state index in [-0.39, 0.29) is 11.1 Å². The molecule has 0 amide bonds. The zero-order valence-electron chi connectivity index (χ0n) is 27.0. The van der Waals surface area contributed by atoms with Gasteiger partial charge in [-0.3, -0.25) is 0 Å². The lowest BCUT2D eigenvalue weighted by molar-refractivity contribution is -0.0317. The number of hydrogen-bond donors (Lipinski definition) is 1. The van der Waals surface area contributed by atoms with Crippen molar-refractivity contribution >= 4 is 29.4 Å². The molecule has 11 nitrogen and oxygen atoms in total. The van der Waals surface area contributed by atoms with E-state index in [0.29, 0.717) is 18.5 Å². The van der Waals surface area contributed by atoms with Gasteiger partial charge in [0.2, 0.25) is 0 Å². The molecule has 0 aliphatic carbocycles. The van der Waals surface area contributed by atoms with Crippen LogP contribution in [-0.2, 0) is 22.6 Å². The Morgan fingerprint density at radius 2 is 1.63 bits per heavy atom. The van der Waals surface area contributed by atoms with Crippen molar-refractivity contribution in [3.63, 3.8) is 0 Å². The van der Waals surface area contributed by atoms with Crippen LogP contribution in [-0.4, -0.2) is 66.9 Å². The molecule has 0 radical (unpaired) electrons. The lowest BCUT2D eigenvalue weighted by Gasteiger charge is -2.37. The van der Waals surface area contributed by atoms with Crippen LogP contribution < -0.4 is 15.5 Å². The third-order valence-electron chi connectivity index (χ3n) is 9.28. The summed E-state index contributed by atoms with van der Waals surface area (Å²) < 4.78 is 39.7. The smallest absolute Gasteiger partial charge is 0.350 e. The highest BCUT2D eigenvalue weighted by atomic mass is 32.2.